The minimum Gasteiger partial charge on any atom is -0.352 e. The van der Waals surface area contributed by atoms with Gasteiger partial charge in [-0.1, -0.05) is 17.8 Å². The minimum atomic E-state index is -0.363. The summed E-state index contributed by atoms with van der Waals surface area (Å²) in [5.41, 5.74) is 1.37. The molecule has 22 heavy (non-hydrogen) atoms. The van der Waals surface area contributed by atoms with Crippen molar-refractivity contribution in [3.05, 3.63) is 54.0 Å². The number of nitrogens with one attached hydrogen (secondary N) is 2. The van der Waals surface area contributed by atoms with Crippen molar-refractivity contribution in [2.75, 3.05) is 6.54 Å². The maximum absolute atomic E-state index is 13.5. The Morgan fingerprint density at radius 1 is 1.32 bits per heavy atom. The van der Waals surface area contributed by atoms with Crippen molar-refractivity contribution in [1.82, 2.24) is 15.5 Å². The van der Waals surface area contributed by atoms with E-state index < -0.39 is 0 Å². The predicted molar refractivity (Wildman–Crippen MR) is 84.6 cm³/mol. The van der Waals surface area contributed by atoms with E-state index in [1.807, 2.05) is 25.1 Å². The fraction of sp³-hybridized carbons (Fsp3) is 0.125. The van der Waals surface area contributed by atoms with Crippen molar-refractivity contribution in [2.45, 2.75) is 16.7 Å². The van der Waals surface area contributed by atoms with Crippen molar-refractivity contribution in [3.8, 4) is 0 Å². The van der Waals surface area contributed by atoms with Gasteiger partial charge in [0.05, 0.1) is 17.3 Å². The summed E-state index contributed by atoms with van der Waals surface area (Å²) < 4.78 is 13.5. The molecule has 1 heterocycles. The molecule has 0 fully saturated rings. The molecule has 4 nitrogen and oxygen atoms in total. The third kappa shape index (κ3) is 2.96. The quantitative estimate of drug-likeness (QED) is 0.773. The van der Waals surface area contributed by atoms with Crippen LogP contribution in [-0.2, 0) is 0 Å². The van der Waals surface area contributed by atoms with E-state index in [2.05, 4.69) is 15.5 Å². The van der Waals surface area contributed by atoms with E-state index in [4.69, 9.17) is 0 Å². The van der Waals surface area contributed by atoms with Crippen molar-refractivity contribution < 1.29 is 9.18 Å². The SMILES string of the molecule is CCNC(=O)c1ccc(F)cc1Sc1ccc2cn[nH]c2c1. The monoisotopic (exact) mass is 315 g/mol. The molecule has 1 amide bonds. The van der Waals surface area contributed by atoms with E-state index in [1.165, 1.54) is 30.0 Å². The van der Waals surface area contributed by atoms with E-state index in [0.29, 0.717) is 17.0 Å². The van der Waals surface area contributed by atoms with Gasteiger partial charge in [-0.3, -0.25) is 9.89 Å². The molecular weight excluding hydrogens is 301 g/mol. The molecule has 0 saturated carbocycles. The van der Waals surface area contributed by atoms with Crippen LogP contribution < -0.4 is 5.32 Å². The molecule has 0 atom stereocenters. The van der Waals surface area contributed by atoms with E-state index >= 15 is 0 Å². The molecule has 1 aromatic heterocycles. The molecule has 0 spiro atoms. The highest BCUT2D eigenvalue weighted by Gasteiger charge is 2.13. The van der Waals surface area contributed by atoms with Gasteiger partial charge >= 0.3 is 0 Å². The van der Waals surface area contributed by atoms with E-state index in [-0.39, 0.29) is 11.7 Å². The van der Waals surface area contributed by atoms with Gasteiger partial charge in [-0.2, -0.15) is 5.10 Å². The third-order valence-corrected chi connectivity index (χ3v) is 4.21. The summed E-state index contributed by atoms with van der Waals surface area (Å²) in [6.07, 6.45) is 1.74. The molecule has 0 aliphatic heterocycles. The van der Waals surface area contributed by atoms with Gasteiger partial charge in [-0.25, -0.2) is 4.39 Å². The van der Waals surface area contributed by atoms with Gasteiger partial charge in [-0.05, 0) is 37.3 Å². The molecule has 2 N–H and O–H groups in total. The normalized spacial score (nSPS) is 10.8. The first-order valence-electron chi connectivity index (χ1n) is 6.86. The van der Waals surface area contributed by atoms with Gasteiger partial charge in [0.25, 0.3) is 5.91 Å². The third-order valence-electron chi connectivity index (χ3n) is 3.17. The Bertz CT molecular complexity index is 831. The highest BCUT2D eigenvalue weighted by atomic mass is 32.2. The molecule has 0 aliphatic rings. The van der Waals surface area contributed by atoms with E-state index in [9.17, 15) is 9.18 Å². The maximum Gasteiger partial charge on any atom is 0.252 e. The van der Waals surface area contributed by atoms with Crippen LogP contribution in [0.2, 0.25) is 0 Å². The molecule has 0 aliphatic carbocycles. The van der Waals surface area contributed by atoms with Crippen molar-refractivity contribution >= 4 is 28.6 Å². The maximum atomic E-state index is 13.5. The lowest BCUT2D eigenvalue weighted by molar-refractivity contribution is 0.0953. The molecule has 0 unspecified atom stereocenters. The van der Waals surface area contributed by atoms with Crippen LogP contribution in [0, 0.1) is 5.82 Å². The van der Waals surface area contributed by atoms with Crippen LogP contribution in [0.1, 0.15) is 17.3 Å². The minimum absolute atomic E-state index is 0.201. The van der Waals surface area contributed by atoms with E-state index in [0.717, 1.165) is 15.8 Å². The number of hydrogen-bond donors (Lipinski definition) is 2. The number of fused-ring (bicyclic) bond motifs is 1. The molecule has 6 heteroatoms. The Kier molecular flexibility index (Phi) is 4.11. The smallest absolute Gasteiger partial charge is 0.252 e. The van der Waals surface area contributed by atoms with Crippen LogP contribution in [-0.4, -0.2) is 22.6 Å². The van der Waals surface area contributed by atoms with Crippen molar-refractivity contribution in [2.24, 2.45) is 0 Å². The largest absolute Gasteiger partial charge is 0.352 e. The summed E-state index contributed by atoms with van der Waals surface area (Å²) in [6, 6.07) is 9.98. The summed E-state index contributed by atoms with van der Waals surface area (Å²) in [5, 5.41) is 10.6. The standard InChI is InChI=1S/C16H14FN3OS/c1-2-18-16(21)13-6-4-11(17)7-15(13)22-12-5-3-10-9-19-20-14(10)8-12/h3-9H,2H2,1H3,(H,18,21)(H,19,20). The van der Waals surface area contributed by atoms with Crippen LogP contribution in [0.15, 0.2) is 52.4 Å². The lowest BCUT2D eigenvalue weighted by Gasteiger charge is -2.09. The average molecular weight is 315 g/mol. The van der Waals surface area contributed by atoms with Crippen LogP contribution >= 0.6 is 11.8 Å². The first-order valence-corrected chi connectivity index (χ1v) is 7.68. The fourth-order valence-electron chi connectivity index (χ4n) is 2.13. The van der Waals surface area contributed by atoms with E-state index in [1.54, 1.807) is 6.20 Å². The number of halogens is 1. The first-order chi connectivity index (χ1) is 10.7. The van der Waals surface area contributed by atoms with Crippen molar-refractivity contribution in [1.29, 1.82) is 0 Å². The molecular formula is C16H14FN3OS. The second-order valence-electron chi connectivity index (χ2n) is 4.72. The van der Waals surface area contributed by atoms with Gasteiger partial charge < -0.3 is 5.32 Å². The Labute approximate surface area is 131 Å². The molecule has 3 rings (SSSR count). The number of aromatic nitrogens is 2. The summed E-state index contributed by atoms with van der Waals surface area (Å²) in [4.78, 5) is 13.6. The van der Waals surface area contributed by atoms with Crippen LogP contribution in [0.4, 0.5) is 4.39 Å². The zero-order chi connectivity index (χ0) is 15.5. The van der Waals surface area contributed by atoms with Gasteiger partial charge in [0.2, 0.25) is 0 Å². The number of hydrogen-bond acceptors (Lipinski definition) is 3. The topological polar surface area (TPSA) is 57.8 Å². The Balaban J connectivity index is 1.96. The molecule has 0 radical (unpaired) electrons. The Hall–Kier alpha value is -2.34. The van der Waals surface area contributed by atoms with Gasteiger partial charge in [0, 0.05) is 21.7 Å². The van der Waals surface area contributed by atoms with Gasteiger partial charge in [0.1, 0.15) is 5.82 Å². The molecule has 3 aromatic rings. The Morgan fingerprint density at radius 2 is 2.18 bits per heavy atom. The highest BCUT2D eigenvalue weighted by Crippen LogP contribution is 2.32. The van der Waals surface area contributed by atoms with Crippen LogP contribution in [0.5, 0.6) is 0 Å². The number of carbonyl (C=O) groups is 1. The second-order valence-corrected chi connectivity index (χ2v) is 5.84. The number of aromatic amines is 1. The summed E-state index contributed by atoms with van der Waals surface area (Å²) in [5.74, 6) is -0.564. The number of carbonyl (C=O) groups excluding carboxylic acids is 1. The summed E-state index contributed by atoms with van der Waals surface area (Å²) in [7, 11) is 0. The number of benzene rings is 2. The lowest BCUT2D eigenvalue weighted by Crippen LogP contribution is -2.23. The number of rotatable bonds is 4. The number of H-pyrrole nitrogens is 1. The second kappa shape index (κ2) is 6.19. The fourth-order valence-corrected chi connectivity index (χ4v) is 3.14. The zero-order valence-electron chi connectivity index (χ0n) is 11.9. The molecule has 0 saturated heterocycles. The first kappa shape index (κ1) is 14.6. The summed E-state index contributed by atoms with van der Waals surface area (Å²) in [6.45, 7) is 2.38. The van der Waals surface area contributed by atoms with Crippen molar-refractivity contribution in [3.63, 3.8) is 0 Å². The number of nitrogens with zero attached hydrogens (tertiary/aromatic N) is 1. The van der Waals surface area contributed by atoms with Crippen LogP contribution in [0.25, 0.3) is 10.9 Å². The molecule has 0 bridgehead atoms. The highest BCUT2D eigenvalue weighted by molar-refractivity contribution is 7.99. The molecule has 112 valence electrons. The lowest BCUT2D eigenvalue weighted by atomic mass is 10.2. The van der Waals surface area contributed by atoms with Gasteiger partial charge in [-0.15, -0.1) is 0 Å². The average Bonchev–Trinajstić information content (AvgIpc) is 2.95. The Morgan fingerprint density at radius 3 is 3.00 bits per heavy atom. The summed E-state index contributed by atoms with van der Waals surface area (Å²) >= 11 is 1.35. The van der Waals surface area contributed by atoms with Gasteiger partial charge in [0.15, 0.2) is 0 Å². The zero-order valence-corrected chi connectivity index (χ0v) is 12.7. The predicted octanol–water partition coefficient (Wildman–Crippen LogP) is 3.60. The molecule has 2 aromatic carbocycles. The van der Waals surface area contributed by atoms with Crippen LogP contribution in [0.3, 0.4) is 0 Å². The number of amides is 1.